The lowest BCUT2D eigenvalue weighted by atomic mass is 9.99. The molecular weight excluding hydrogens is 378 g/mol. The van der Waals surface area contributed by atoms with E-state index in [9.17, 15) is 0 Å². The van der Waals surface area contributed by atoms with E-state index in [0.29, 0.717) is 13.2 Å². The molecule has 1 aromatic rings. The van der Waals surface area contributed by atoms with Crippen LogP contribution in [0, 0.1) is 0 Å². The van der Waals surface area contributed by atoms with Gasteiger partial charge in [-0.05, 0) is 54.2 Å². The third kappa shape index (κ3) is 4.62. The second-order valence-electron chi connectivity index (χ2n) is 7.29. The normalized spacial score (nSPS) is 19.0. The Morgan fingerprint density at radius 3 is 2.76 bits per heavy atom. The Bertz CT molecular complexity index is 611. The number of hydrogen-bond acceptors (Lipinski definition) is 4. The van der Waals surface area contributed by atoms with Gasteiger partial charge in [0.05, 0.1) is 30.1 Å². The highest BCUT2D eigenvalue weighted by atomic mass is 79.9. The van der Waals surface area contributed by atoms with Crippen LogP contribution in [-0.4, -0.2) is 34.4 Å². The predicted octanol–water partition coefficient (Wildman–Crippen LogP) is 5.10. The standard InChI is InChI=1S/C20H30BrN3O/c1-3-5-8-19-23-20(11-6-7-12-20)15-24(19)13-16-9-10-17(21)18(22-16)14-25-4-2/h9-10H,3-8,11-15H2,1-2H3. The molecule has 0 amide bonds. The Morgan fingerprint density at radius 2 is 2.04 bits per heavy atom. The first-order chi connectivity index (χ1) is 12.2. The van der Waals surface area contributed by atoms with Crippen LogP contribution >= 0.6 is 15.9 Å². The number of hydrogen-bond donors (Lipinski definition) is 0. The van der Waals surface area contributed by atoms with E-state index in [0.717, 1.165) is 35.4 Å². The van der Waals surface area contributed by atoms with Crippen LogP contribution in [-0.2, 0) is 17.9 Å². The number of amidine groups is 1. The van der Waals surface area contributed by atoms with Gasteiger partial charge in [0, 0.05) is 24.0 Å². The molecule has 0 radical (unpaired) electrons. The molecule has 1 aliphatic heterocycles. The van der Waals surface area contributed by atoms with Gasteiger partial charge in [-0.2, -0.15) is 0 Å². The summed E-state index contributed by atoms with van der Waals surface area (Å²) in [6.07, 6.45) is 8.69. The van der Waals surface area contributed by atoms with E-state index < -0.39 is 0 Å². The average molecular weight is 408 g/mol. The molecule has 1 aliphatic carbocycles. The molecule has 1 spiro atoms. The van der Waals surface area contributed by atoms with Gasteiger partial charge in [-0.3, -0.25) is 9.98 Å². The van der Waals surface area contributed by atoms with Crippen LogP contribution in [0.4, 0.5) is 0 Å². The number of rotatable bonds is 8. The van der Waals surface area contributed by atoms with Gasteiger partial charge in [-0.25, -0.2) is 0 Å². The van der Waals surface area contributed by atoms with Crippen molar-refractivity contribution in [3.8, 4) is 0 Å². The fourth-order valence-electron chi connectivity index (χ4n) is 3.94. The lowest BCUT2D eigenvalue weighted by molar-refractivity contribution is 0.130. The Morgan fingerprint density at radius 1 is 1.24 bits per heavy atom. The summed E-state index contributed by atoms with van der Waals surface area (Å²) in [5, 5.41) is 0. The van der Waals surface area contributed by atoms with E-state index in [4.69, 9.17) is 14.7 Å². The lowest BCUT2D eigenvalue weighted by Crippen LogP contribution is -2.34. The van der Waals surface area contributed by atoms with E-state index in [-0.39, 0.29) is 5.54 Å². The molecule has 0 aromatic carbocycles. The van der Waals surface area contributed by atoms with Crippen LogP contribution in [0.15, 0.2) is 21.6 Å². The Kier molecular flexibility index (Phi) is 6.50. The molecule has 0 atom stereocenters. The topological polar surface area (TPSA) is 37.7 Å². The SMILES string of the molecule is CCCCC1=NC2(CCCC2)CN1Cc1ccc(Br)c(COCC)n1. The van der Waals surface area contributed by atoms with Crippen molar-refractivity contribution in [1.82, 2.24) is 9.88 Å². The Balaban J connectivity index is 1.73. The van der Waals surface area contributed by atoms with Crippen LogP contribution in [0.25, 0.3) is 0 Å². The van der Waals surface area contributed by atoms with E-state index >= 15 is 0 Å². The number of aliphatic imine (C=N–C) groups is 1. The highest BCUT2D eigenvalue weighted by molar-refractivity contribution is 9.10. The largest absolute Gasteiger partial charge is 0.375 e. The number of pyridine rings is 1. The molecule has 138 valence electrons. The second kappa shape index (κ2) is 8.63. The van der Waals surface area contributed by atoms with Crippen molar-refractivity contribution in [2.24, 2.45) is 4.99 Å². The fraction of sp³-hybridized carbons (Fsp3) is 0.700. The van der Waals surface area contributed by atoms with Crippen LogP contribution < -0.4 is 0 Å². The number of ether oxygens (including phenoxy) is 1. The molecule has 5 heteroatoms. The van der Waals surface area contributed by atoms with Crippen molar-refractivity contribution >= 4 is 21.8 Å². The minimum atomic E-state index is 0.201. The first-order valence-corrected chi connectivity index (χ1v) is 10.5. The molecular formula is C20H30BrN3O. The fourth-order valence-corrected chi connectivity index (χ4v) is 4.27. The first kappa shape index (κ1) is 18.8. The summed E-state index contributed by atoms with van der Waals surface area (Å²) in [5.74, 6) is 1.31. The van der Waals surface area contributed by atoms with Crippen molar-refractivity contribution in [3.63, 3.8) is 0 Å². The lowest BCUT2D eigenvalue weighted by Gasteiger charge is -2.24. The number of aromatic nitrogens is 1. The molecule has 0 saturated heterocycles. The number of nitrogens with zero attached hydrogens (tertiary/aromatic N) is 3. The quantitative estimate of drug-likeness (QED) is 0.601. The molecule has 1 fully saturated rings. The zero-order valence-electron chi connectivity index (χ0n) is 15.6. The van der Waals surface area contributed by atoms with E-state index in [1.807, 2.05) is 6.92 Å². The van der Waals surface area contributed by atoms with Crippen LogP contribution in [0.1, 0.15) is 70.2 Å². The molecule has 0 N–H and O–H groups in total. The van der Waals surface area contributed by atoms with Crippen molar-refractivity contribution in [1.29, 1.82) is 0 Å². The van der Waals surface area contributed by atoms with Crippen molar-refractivity contribution in [2.45, 2.75) is 77.5 Å². The summed E-state index contributed by atoms with van der Waals surface area (Å²) < 4.78 is 6.57. The maximum absolute atomic E-state index is 5.55. The van der Waals surface area contributed by atoms with Gasteiger partial charge in [0.15, 0.2) is 0 Å². The predicted molar refractivity (Wildman–Crippen MR) is 106 cm³/mol. The summed E-state index contributed by atoms with van der Waals surface area (Å²) >= 11 is 3.59. The van der Waals surface area contributed by atoms with Gasteiger partial charge < -0.3 is 9.64 Å². The monoisotopic (exact) mass is 407 g/mol. The molecule has 0 bridgehead atoms. The van der Waals surface area contributed by atoms with Crippen molar-refractivity contribution in [3.05, 3.63) is 28.0 Å². The zero-order valence-corrected chi connectivity index (χ0v) is 17.1. The molecule has 4 nitrogen and oxygen atoms in total. The third-order valence-electron chi connectivity index (χ3n) is 5.28. The highest BCUT2D eigenvalue weighted by Gasteiger charge is 2.41. The summed E-state index contributed by atoms with van der Waals surface area (Å²) in [6, 6.07) is 4.22. The second-order valence-corrected chi connectivity index (χ2v) is 8.14. The number of unbranched alkanes of at least 4 members (excludes halogenated alkanes) is 1. The van der Waals surface area contributed by atoms with Gasteiger partial charge >= 0.3 is 0 Å². The highest BCUT2D eigenvalue weighted by Crippen LogP contribution is 2.39. The average Bonchev–Trinajstić information content (AvgIpc) is 3.20. The summed E-state index contributed by atoms with van der Waals surface area (Å²) in [6.45, 7) is 7.47. The molecule has 1 saturated carbocycles. The molecule has 3 rings (SSSR count). The van der Waals surface area contributed by atoms with Gasteiger partial charge in [0.1, 0.15) is 5.84 Å². The maximum Gasteiger partial charge on any atom is 0.100 e. The Hall–Kier alpha value is -0.940. The van der Waals surface area contributed by atoms with Gasteiger partial charge in [0.2, 0.25) is 0 Å². The zero-order chi connectivity index (χ0) is 17.7. The molecule has 25 heavy (non-hydrogen) atoms. The van der Waals surface area contributed by atoms with E-state index in [1.54, 1.807) is 0 Å². The maximum atomic E-state index is 5.55. The first-order valence-electron chi connectivity index (χ1n) is 9.71. The van der Waals surface area contributed by atoms with Gasteiger partial charge in [-0.1, -0.05) is 26.2 Å². The Labute approximate surface area is 160 Å². The van der Waals surface area contributed by atoms with Crippen molar-refractivity contribution < 1.29 is 4.74 Å². The minimum Gasteiger partial charge on any atom is -0.375 e. The molecule has 2 aliphatic rings. The van der Waals surface area contributed by atoms with Crippen molar-refractivity contribution in [2.75, 3.05) is 13.2 Å². The smallest absolute Gasteiger partial charge is 0.100 e. The van der Waals surface area contributed by atoms with Crippen LogP contribution in [0.5, 0.6) is 0 Å². The summed E-state index contributed by atoms with van der Waals surface area (Å²) in [7, 11) is 0. The summed E-state index contributed by atoms with van der Waals surface area (Å²) in [4.78, 5) is 12.5. The van der Waals surface area contributed by atoms with Crippen LogP contribution in [0.2, 0.25) is 0 Å². The van der Waals surface area contributed by atoms with Gasteiger partial charge in [0.25, 0.3) is 0 Å². The van der Waals surface area contributed by atoms with Crippen LogP contribution in [0.3, 0.4) is 0 Å². The summed E-state index contributed by atoms with van der Waals surface area (Å²) in [5.41, 5.74) is 2.30. The van der Waals surface area contributed by atoms with Gasteiger partial charge in [-0.15, -0.1) is 0 Å². The molecule has 0 unspecified atom stereocenters. The van der Waals surface area contributed by atoms with E-state index in [2.05, 4.69) is 39.9 Å². The van der Waals surface area contributed by atoms with E-state index in [1.165, 1.54) is 44.4 Å². The third-order valence-corrected chi connectivity index (χ3v) is 6.00. The molecule has 2 heterocycles. The minimum absolute atomic E-state index is 0.201. The molecule has 1 aromatic heterocycles. The number of halogens is 1.